The van der Waals surface area contributed by atoms with Crippen molar-refractivity contribution in [3.05, 3.63) is 0 Å². The number of amides is 1. The number of carbonyl (C=O) groups excluding carboxylic acids is 1. The number of rotatable bonds is 5. The molecule has 0 aromatic heterocycles. The number of nitrogens with two attached hydrogens (primary N) is 1. The Kier molecular flexibility index (Phi) is 6.31. The first kappa shape index (κ1) is 16.5. The number of nitrogens with zero attached hydrogens (tertiary/aromatic N) is 1. The molecule has 112 valence electrons. The minimum Gasteiger partial charge on any atom is -0.340 e. The number of piperidine rings is 1. The van der Waals surface area contributed by atoms with Gasteiger partial charge in [-0.2, -0.15) is 0 Å². The lowest BCUT2D eigenvalue weighted by Crippen LogP contribution is -2.42. The molecule has 0 radical (unpaired) electrons. The van der Waals surface area contributed by atoms with E-state index in [2.05, 4.69) is 32.6 Å². The zero-order valence-corrected chi connectivity index (χ0v) is 13.2. The summed E-state index contributed by atoms with van der Waals surface area (Å²) in [5, 5.41) is 0. The molecule has 1 heterocycles. The average Bonchev–Trinajstić information content (AvgIpc) is 2.33. The van der Waals surface area contributed by atoms with Gasteiger partial charge in [-0.15, -0.1) is 0 Å². The second-order valence-corrected chi connectivity index (χ2v) is 7.11. The minimum atomic E-state index is 0.243. The Morgan fingerprint density at radius 2 is 2.00 bits per heavy atom. The molecule has 1 aliphatic heterocycles. The quantitative estimate of drug-likeness (QED) is 0.832. The highest BCUT2D eigenvalue weighted by Crippen LogP contribution is 2.32. The van der Waals surface area contributed by atoms with Gasteiger partial charge in [0.1, 0.15) is 0 Å². The second-order valence-electron chi connectivity index (χ2n) is 7.11. The van der Waals surface area contributed by atoms with Crippen molar-refractivity contribution in [1.29, 1.82) is 0 Å². The van der Waals surface area contributed by atoms with E-state index >= 15 is 0 Å². The topological polar surface area (TPSA) is 46.3 Å². The van der Waals surface area contributed by atoms with Crippen molar-refractivity contribution in [2.24, 2.45) is 17.1 Å². The first-order valence-electron chi connectivity index (χ1n) is 7.85. The van der Waals surface area contributed by atoms with Crippen molar-refractivity contribution in [1.82, 2.24) is 4.90 Å². The van der Waals surface area contributed by atoms with Crippen LogP contribution < -0.4 is 5.73 Å². The van der Waals surface area contributed by atoms with Crippen LogP contribution in [0.4, 0.5) is 0 Å². The zero-order valence-electron chi connectivity index (χ0n) is 13.2. The number of hydrogen-bond acceptors (Lipinski definition) is 2. The van der Waals surface area contributed by atoms with Crippen molar-refractivity contribution >= 4 is 5.91 Å². The SMILES string of the molecule is CC1CCCCN1C(=O)CCC(CCN)C(C)(C)C. The van der Waals surface area contributed by atoms with Crippen LogP contribution in [0.25, 0.3) is 0 Å². The molecule has 0 saturated carbocycles. The molecule has 2 unspecified atom stereocenters. The fraction of sp³-hybridized carbons (Fsp3) is 0.938. The molecule has 1 aliphatic rings. The molecule has 0 aliphatic carbocycles. The van der Waals surface area contributed by atoms with E-state index in [0.717, 1.165) is 32.4 Å². The third-order valence-corrected chi connectivity index (χ3v) is 4.57. The smallest absolute Gasteiger partial charge is 0.222 e. The summed E-state index contributed by atoms with van der Waals surface area (Å²) in [7, 11) is 0. The fourth-order valence-electron chi connectivity index (χ4n) is 3.12. The maximum Gasteiger partial charge on any atom is 0.222 e. The Labute approximate surface area is 118 Å². The molecule has 2 atom stereocenters. The third kappa shape index (κ3) is 5.13. The van der Waals surface area contributed by atoms with Gasteiger partial charge in [-0.25, -0.2) is 0 Å². The highest BCUT2D eigenvalue weighted by molar-refractivity contribution is 5.76. The first-order valence-corrected chi connectivity index (χ1v) is 7.85. The van der Waals surface area contributed by atoms with Gasteiger partial charge in [-0.05, 0) is 56.9 Å². The molecule has 19 heavy (non-hydrogen) atoms. The highest BCUT2D eigenvalue weighted by Gasteiger charge is 2.27. The second kappa shape index (κ2) is 7.28. The Morgan fingerprint density at radius 1 is 1.32 bits per heavy atom. The summed E-state index contributed by atoms with van der Waals surface area (Å²) in [5.74, 6) is 0.889. The molecule has 0 aromatic carbocycles. The van der Waals surface area contributed by atoms with Crippen LogP contribution in [0.5, 0.6) is 0 Å². The molecule has 1 amide bonds. The van der Waals surface area contributed by atoms with Gasteiger partial charge in [0, 0.05) is 19.0 Å². The summed E-state index contributed by atoms with van der Waals surface area (Å²) in [6.45, 7) is 10.6. The van der Waals surface area contributed by atoms with E-state index in [0.29, 0.717) is 24.3 Å². The predicted octanol–water partition coefficient (Wildman–Crippen LogP) is 3.18. The molecule has 2 N–H and O–H groups in total. The van der Waals surface area contributed by atoms with Crippen molar-refractivity contribution in [3.8, 4) is 0 Å². The molecular weight excluding hydrogens is 236 g/mol. The summed E-state index contributed by atoms with van der Waals surface area (Å²) >= 11 is 0. The van der Waals surface area contributed by atoms with Gasteiger partial charge in [0.25, 0.3) is 0 Å². The lowest BCUT2D eigenvalue weighted by atomic mass is 9.76. The summed E-state index contributed by atoms with van der Waals surface area (Å²) in [6, 6.07) is 0.434. The molecule has 0 spiro atoms. The van der Waals surface area contributed by atoms with Crippen LogP contribution in [0.2, 0.25) is 0 Å². The lowest BCUT2D eigenvalue weighted by molar-refractivity contribution is -0.134. The van der Waals surface area contributed by atoms with Crippen LogP contribution in [-0.2, 0) is 4.79 Å². The Balaban J connectivity index is 2.47. The van der Waals surface area contributed by atoms with E-state index < -0.39 is 0 Å². The predicted molar refractivity (Wildman–Crippen MR) is 80.9 cm³/mol. The maximum absolute atomic E-state index is 12.3. The van der Waals surface area contributed by atoms with E-state index in [1.807, 2.05) is 0 Å². The molecule has 1 rings (SSSR count). The van der Waals surface area contributed by atoms with Crippen LogP contribution in [-0.4, -0.2) is 29.9 Å². The molecule has 3 heteroatoms. The monoisotopic (exact) mass is 268 g/mol. The van der Waals surface area contributed by atoms with Crippen LogP contribution in [0.3, 0.4) is 0 Å². The molecule has 1 fully saturated rings. The maximum atomic E-state index is 12.3. The van der Waals surface area contributed by atoms with Crippen molar-refractivity contribution in [2.75, 3.05) is 13.1 Å². The van der Waals surface area contributed by atoms with E-state index in [1.54, 1.807) is 0 Å². The van der Waals surface area contributed by atoms with Gasteiger partial charge >= 0.3 is 0 Å². The third-order valence-electron chi connectivity index (χ3n) is 4.57. The lowest BCUT2D eigenvalue weighted by Gasteiger charge is -2.35. The average molecular weight is 268 g/mol. The van der Waals surface area contributed by atoms with Crippen LogP contribution in [0.15, 0.2) is 0 Å². The van der Waals surface area contributed by atoms with Crippen molar-refractivity contribution in [3.63, 3.8) is 0 Å². The number of carbonyl (C=O) groups is 1. The van der Waals surface area contributed by atoms with Gasteiger partial charge in [-0.1, -0.05) is 20.8 Å². The molecule has 0 aromatic rings. The van der Waals surface area contributed by atoms with E-state index in [4.69, 9.17) is 5.73 Å². The molecule has 3 nitrogen and oxygen atoms in total. The fourth-order valence-corrected chi connectivity index (χ4v) is 3.12. The Hall–Kier alpha value is -0.570. The van der Waals surface area contributed by atoms with Gasteiger partial charge in [0.2, 0.25) is 5.91 Å². The number of hydrogen-bond donors (Lipinski definition) is 1. The normalized spacial score (nSPS) is 22.4. The van der Waals surface area contributed by atoms with E-state index in [-0.39, 0.29) is 5.41 Å². The number of likely N-dealkylation sites (tertiary alicyclic amines) is 1. The van der Waals surface area contributed by atoms with Crippen molar-refractivity contribution in [2.45, 2.75) is 72.3 Å². The van der Waals surface area contributed by atoms with Crippen molar-refractivity contribution < 1.29 is 4.79 Å². The first-order chi connectivity index (χ1) is 8.86. The standard InChI is InChI=1S/C16H32N2O/c1-13-7-5-6-12-18(13)15(19)9-8-14(10-11-17)16(2,3)4/h13-14H,5-12,17H2,1-4H3. The zero-order chi connectivity index (χ0) is 14.5. The largest absolute Gasteiger partial charge is 0.340 e. The molecule has 0 bridgehead atoms. The van der Waals surface area contributed by atoms with Gasteiger partial charge < -0.3 is 10.6 Å². The Morgan fingerprint density at radius 3 is 2.53 bits per heavy atom. The van der Waals surface area contributed by atoms with Gasteiger partial charge in [0.05, 0.1) is 0 Å². The summed E-state index contributed by atoms with van der Waals surface area (Å²) in [4.78, 5) is 14.4. The summed E-state index contributed by atoms with van der Waals surface area (Å²) < 4.78 is 0. The van der Waals surface area contributed by atoms with Gasteiger partial charge in [-0.3, -0.25) is 4.79 Å². The Bertz CT molecular complexity index is 283. The molecular formula is C16H32N2O. The van der Waals surface area contributed by atoms with E-state index in [1.165, 1.54) is 12.8 Å². The van der Waals surface area contributed by atoms with E-state index in [9.17, 15) is 4.79 Å². The minimum absolute atomic E-state index is 0.243. The van der Waals surface area contributed by atoms with Crippen LogP contribution in [0.1, 0.15) is 66.2 Å². The highest BCUT2D eigenvalue weighted by atomic mass is 16.2. The molecule has 1 saturated heterocycles. The van der Waals surface area contributed by atoms with Crippen LogP contribution >= 0.6 is 0 Å². The van der Waals surface area contributed by atoms with Gasteiger partial charge in [0.15, 0.2) is 0 Å². The van der Waals surface area contributed by atoms with Crippen LogP contribution in [0, 0.1) is 11.3 Å². The summed E-state index contributed by atoms with van der Waals surface area (Å²) in [6.07, 6.45) is 6.28. The summed E-state index contributed by atoms with van der Waals surface area (Å²) in [5.41, 5.74) is 5.95.